The summed E-state index contributed by atoms with van der Waals surface area (Å²) in [7, 11) is 1.55. The summed E-state index contributed by atoms with van der Waals surface area (Å²) in [5.74, 6) is -1.85. The molecule has 40 heavy (non-hydrogen) atoms. The lowest BCUT2D eigenvalue weighted by Crippen LogP contribution is -2.28. The van der Waals surface area contributed by atoms with Crippen LogP contribution >= 0.6 is 15.6 Å². The molecule has 4 atom stereocenters. The first kappa shape index (κ1) is 32.3. The van der Waals surface area contributed by atoms with Crippen molar-refractivity contribution in [3.8, 4) is 0 Å². The Kier molecular flexibility index (Phi) is 10.6. The molecule has 0 fully saturated rings. The number of aliphatic hydroxyl groups excluding tert-OH is 2. The number of fused-ring (bicyclic) bond motifs is 2. The van der Waals surface area contributed by atoms with Crippen LogP contribution in [0.1, 0.15) is 0 Å². The van der Waals surface area contributed by atoms with Crippen LogP contribution in [0.15, 0.2) is 31.3 Å². The van der Waals surface area contributed by atoms with E-state index in [2.05, 4.69) is 9.05 Å². The van der Waals surface area contributed by atoms with Crippen molar-refractivity contribution >= 4 is 52.9 Å². The average molecular weight is 600 g/mol. The van der Waals surface area contributed by atoms with Crippen molar-refractivity contribution < 1.29 is 47.2 Å². The number of phosphoric acid groups is 2. The molecule has 4 N–H and O–H groups in total. The SMILES string of the molecule is [B]C(CO)COP(=O)(O)OCCn1c(=O)c2cc3c(=O)n(CCOP(=O)(O)OCC([B])CO)c(=O)c3cc2c1=O. The fourth-order valence-electron chi connectivity index (χ4n) is 3.53. The number of aliphatic hydroxyl groups is 2. The smallest absolute Gasteiger partial charge is 0.397 e. The van der Waals surface area contributed by atoms with Crippen molar-refractivity contribution in [1.82, 2.24) is 9.13 Å². The van der Waals surface area contributed by atoms with Crippen LogP contribution in [-0.2, 0) is 40.3 Å². The predicted octanol–water partition coefficient (Wildman–Crippen LogP) is -1.92. The van der Waals surface area contributed by atoms with E-state index < -0.39 is 102 Å². The third-order valence-corrected chi connectivity index (χ3v) is 7.54. The minimum absolute atomic E-state index is 0.186. The molecular formula is C20H24B2N2O14P2. The fourth-order valence-corrected chi connectivity index (χ4v) is 5.07. The first-order valence-corrected chi connectivity index (χ1v) is 14.6. The van der Waals surface area contributed by atoms with Crippen LogP contribution in [0.25, 0.3) is 21.5 Å². The van der Waals surface area contributed by atoms with Crippen molar-refractivity contribution in [3.05, 3.63) is 53.5 Å². The van der Waals surface area contributed by atoms with Gasteiger partial charge < -0.3 is 20.0 Å². The van der Waals surface area contributed by atoms with Crippen molar-refractivity contribution in [2.75, 3.05) is 39.6 Å². The Bertz CT molecular complexity index is 1470. The van der Waals surface area contributed by atoms with Crippen molar-refractivity contribution in [1.29, 1.82) is 0 Å². The maximum Gasteiger partial charge on any atom is 0.472 e. The van der Waals surface area contributed by atoms with Gasteiger partial charge in [0, 0.05) is 13.2 Å². The fraction of sp³-hybridized carbons (Fsp3) is 0.500. The molecule has 2 heterocycles. The first-order chi connectivity index (χ1) is 18.7. The topological polar surface area (TPSA) is 230 Å². The molecule has 16 nitrogen and oxygen atoms in total. The summed E-state index contributed by atoms with van der Waals surface area (Å²) in [6.45, 7) is -4.09. The summed E-state index contributed by atoms with van der Waals surface area (Å²) < 4.78 is 43.8. The molecule has 0 saturated heterocycles. The maximum atomic E-state index is 12.8. The number of rotatable bonds is 16. The van der Waals surface area contributed by atoms with E-state index in [1.807, 2.05) is 0 Å². The van der Waals surface area contributed by atoms with Crippen LogP contribution in [-0.4, -0.2) is 84.5 Å². The van der Waals surface area contributed by atoms with E-state index in [9.17, 15) is 38.1 Å². The largest absolute Gasteiger partial charge is 0.472 e. The van der Waals surface area contributed by atoms with Gasteiger partial charge in [-0.15, -0.1) is 0 Å². The molecule has 20 heteroatoms. The summed E-state index contributed by atoms with van der Waals surface area (Å²) >= 11 is 0. The molecule has 0 bridgehead atoms. The van der Waals surface area contributed by atoms with Crippen LogP contribution in [0.3, 0.4) is 0 Å². The van der Waals surface area contributed by atoms with E-state index in [0.29, 0.717) is 9.13 Å². The summed E-state index contributed by atoms with van der Waals surface area (Å²) in [6, 6.07) is 2.14. The Labute approximate surface area is 227 Å². The Morgan fingerprint density at radius 1 is 0.650 bits per heavy atom. The second-order valence-electron chi connectivity index (χ2n) is 8.55. The number of hydrogen-bond acceptors (Lipinski definition) is 12. The zero-order chi connectivity index (χ0) is 29.8. The second-order valence-corrected chi connectivity index (χ2v) is 11.5. The molecule has 4 radical (unpaired) electrons. The Morgan fingerprint density at radius 2 is 0.950 bits per heavy atom. The minimum atomic E-state index is -4.60. The lowest BCUT2D eigenvalue weighted by Gasteiger charge is -2.14. The standard InChI is InChI=1S/C20H24B2N2O14P2/c21-11(7-25)9-37-39(31,32)35-3-1-23-17(27)13-5-15-16(6-14(13)18(23)28)20(30)24(19(15)29)2-4-36-40(33,34)38-10-12(22)8-26/h5-6,11-12,25-26H,1-4,7-10H2,(H,31,32)(H,33,34). The van der Waals surface area contributed by atoms with Gasteiger partial charge in [0.15, 0.2) is 0 Å². The van der Waals surface area contributed by atoms with Gasteiger partial charge in [-0.05, 0) is 23.8 Å². The molecular weight excluding hydrogens is 576 g/mol. The van der Waals surface area contributed by atoms with Crippen molar-refractivity contribution in [2.45, 2.75) is 24.7 Å². The van der Waals surface area contributed by atoms with Gasteiger partial charge >= 0.3 is 15.6 Å². The monoisotopic (exact) mass is 600 g/mol. The van der Waals surface area contributed by atoms with Crippen molar-refractivity contribution in [2.24, 2.45) is 0 Å². The summed E-state index contributed by atoms with van der Waals surface area (Å²) in [4.78, 5) is 70.6. The van der Waals surface area contributed by atoms with Crippen LogP contribution in [0.5, 0.6) is 0 Å². The molecule has 3 aromatic rings. The first-order valence-electron chi connectivity index (χ1n) is 11.6. The highest BCUT2D eigenvalue weighted by Gasteiger charge is 2.25. The molecule has 214 valence electrons. The van der Waals surface area contributed by atoms with Gasteiger partial charge in [0.1, 0.15) is 0 Å². The van der Waals surface area contributed by atoms with E-state index in [1.54, 1.807) is 0 Å². The molecule has 2 aromatic heterocycles. The molecule has 0 amide bonds. The van der Waals surface area contributed by atoms with Gasteiger partial charge in [0.25, 0.3) is 22.2 Å². The highest BCUT2D eigenvalue weighted by molar-refractivity contribution is 7.47. The number of nitrogens with zero attached hydrogens (tertiary/aromatic N) is 2. The molecule has 0 saturated carbocycles. The van der Waals surface area contributed by atoms with Gasteiger partial charge in [0.05, 0.1) is 76.8 Å². The highest BCUT2D eigenvalue weighted by atomic mass is 31.2. The Balaban J connectivity index is 1.77. The Morgan fingerprint density at radius 3 is 1.23 bits per heavy atom. The van der Waals surface area contributed by atoms with Gasteiger partial charge in [0.2, 0.25) is 0 Å². The van der Waals surface area contributed by atoms with E-state index in [0.717, 1.165) is 12.1 Å². The third-order valence-electron chi connectivity index (χ3n) is 5.57. The Hall–Kier alpha value is -2.23. The molecule has 0 aliphatic rings. The minimum Gasteiger partial charge on any atom is -0.397 e. The van der Waals surface area contributed by atoms with Gasteiger partial charge in [-0.1, -0.05) is 0 Å². The number of hydrogen-bond donors (Lipinski definition) is 4. The van der Waals surface area contributed by atoms with E-state index in [-0.39, 0.29) is 21.5 Å². The predicted molar refractivity (Wildman–Crippen MR) is 142 cm³/mol. The molecule has 3 rings (SSSR count). The molecule has 1 aromatic carbocycles. The maximum absolute atomic E-state index is 12.8. The number of aromatic nitrogens is 2. The normalized spacial score (nSPS) is 16.7. The van der Waals surface area contributed by atoms with E-state index >= 15 is 0 Å². The third kappa shape index (κ3) is 7.53. The molecule has 0 aliphatic heterocycles. The summed E-state index contributed by atoms with van der Waals surface area (Å²) in [5.41, 5.74) is -3.37. The molecule has 0 aliphatic carbocycles. The highest BCUT2D eigenvalue weighted by Crippen LogP contribution is 2.44. The lowest BCUT2D eigenvalue weighted by molar-refractivity contribution is 0.134. The van der Waals surface area contributed by atoms with Crippen LogP contribution in [0, 0.1) is 0 Å². The summed E-state index contributed by atoms with van der Waals surface area (Å²) in [6.07, 6.45) is 0. The van der Waals surface area contributed by atoms with Gasteiger partial charge in [-0.2, -0.15) is 0 Å². The second kappa shape index (κ2) is 13.2. The average Bonchev–Trinajstić information content (AvgIpc) is 3.28. The van der Waals surface area contributed by atoms with E-state index in [4.69, 9.17) is 35.0 Å². The zero-order valence-electron chi connectivity index (χ0n) is 20.8. The van der Waals surface area contributed by atoms with Gasteiger partial charge in [-0.25, -0.2) is 9.13 Å². The van der Waals surface area contributed by atoms with E-state index in [1.165, 1.54) is 0 Å². The summed E-state index contributed by atoms with van der Waals surface area (Å²) in [5, 5.41) is 16.9. The van der Waals surface area contributed by atoms with Gasteiger partial charge in [-0.3, -0.25) is 46.4 Å². The quantitative estimate of drug-likeness (QED) is 0.104. The van der Waals surface area contributed by atoms with Crippen LogP contribution < -0.4 is 22.2 Å². The molecule has 4 unspecified atom stereocenters. The number of benzene rings is 1. The number of phosphoric ester groups is 2. The van der Waals surface area contributed by atoms with Crippen LogP contribution in [0.4, 0.5) is 0 Å². The lowest BCUT2D eigenvalue weighted by atomic mass is 9.90. The molecule has 0 spiro atoms. The van der Waals surface area contributed by atoms with Crippen molar-refractivity contribution in [3.63, 3.8) is 0 Å². The zero-order valence-corrected chi connectivity index (χ0v) is 22.6. The van der Waals surface area contributed by atoms with Crippen LogP contribution in [0.2, 0.25) is 11.6 Å².